The number of fused-ring (bicyclic) bond motifs is 1. The van der Waals surface area contributed by atoms with Gasteiger partial charge in [-0.15, -0.1) is 0 Å². The normalized spacial score (nSPS) is 10.7. The fourth-order valence-corrected chi connectivity index (χ4v) is 3.31. The fourth-order valence-electron chi connectivity index (χ4n) is 3.31. The predicted octanol–water partition coefficient (Wildman–Crippen LogP) is 2.68. The molecule has 0 spiro atoms. The van der Waals surface area contributed by atoms with E-state index in [1.54, 1.807) is 55.8 Å². The Bertz CT molecular complexity index is 1350. The quantitative estimate of drug-likeness (QED) is 0.299. The van der Waals surface area contributed by atoms with Crippen LogP contribution in [0.4, 0.5) is 11.5 Å². The minimum Gasteiger partial charge on any atom is -0.491 e. The lowest BCUT2D eigenvalue weighted by Gasteiger charge is -2.14. The summed E-state index contributed by atoms with van der Waals surface area (Å²) in [4.78, 5) is 36.7. The first-order valence-corrected chi connectivity index (χ1v) is 10.8. The van der Waals surface area contributed by atoms with Crippen LogP contribution in [0.1, 0.15) is 10.4 Å². The highest BCUT2D eigenvalue weighted by atomic mass is 16.5. The maximum atomic E-state index is 11.9. The number of nitrogens with zero attached hydrogens (tertiary/aromatic N) is 3. The Balaban J connectivity index is 1.66. The molecule has 0 fully saturated rings. The summed E-state index contributed by atoms with van der Waals surface area (Å²) < 4.78 is 11.1. The van der Waals surface area contributed by atoms with Crippen molar-refractivity contribution in [2.24, 2.45) is 5.73 Å². The van der Waals surface area contributed by atoms with Gasteiger partial charge < -0.3 is 25.8 Å². The molecule has 0 aliphatic heterocycles. The number of aromatic nitrogens is 3. The minimum atomic E-state index is -0.556. The van der Waals surface area contributed by atoms with Gasteiger partial charge in [-0.3, -0.25) is 14.6 Å². The van der Waals surface area contributed by atoms with Gasteiger partial charge in [0.15, 0.2) is 5.82 Å². The van der Waals surface area contributed by atoms with Gasteiger partial charge in [0.2, 0.25) is 5.91 Å². The summed E-state index contributed by atoms with van der Waals surface area (Å²) in [5.74, 6) is 0.763. The molecule has 4 aromatic rings. The second-order valence-corrected chi connectivity index (χ2v) is 7.43. The molecule has 0 aliphatic carbocycles. The smallest absolute Gasteiger partial charge is 0.250 e. The molecule has 2 heterocycles. The zero-order valence-electron chi connectivity index (χ0n) is 19.0. The van der Waals surface area contributed by atoms with E-state index in [-0.39, 0.29) is 25.7 Å². The Morgan fingerprint density at radius 1 is 1.03 bits per heavy atom. The van der Waals surface area contributed by atoms with Crippen LogP contribution in [0.5, 0.6) is 5.75 Å². The van der Waals surface area contributed by atoms with E-state index in [9.17, 15) is 9.59 Å². The van der Waals surface area contributed by atoms with Crippen LogP contribution >= 0.6 is 0 Å². The minimum absolute atomic E-state index is 0.0319. The summed E-state index contributed by atoms with van der Waals surface area (Å²) in [5.41, 5.74) is 7.82. The van der Waals surface area contributed by atoms with Crippen LogP contribution in [0.15, 0.2) is 67.0 Å². The summed E-state index contributed by atoms with van der Waals surface area (Å²) in [5, 5.41) is 6.40. The van der Waals surface area contributed by atoms with E-state index in [4.69, 9.17) is 20.2 Å². The number of carbonyl (C=O) groups excluding carboxylic acids is 2. The lowest BCUT2D eigenvalue weighted by molar-refractivity contribution is -0.125. The summed E-state index contributed by atoms with van der Waals surface area (Å²) in [6.45, 7) is 0.472. The zero-order valence-corrected chi connectivity index (χ0v) is 19.0. The molecular formula is C25H24N6O4. The van der Waals surface area contributed by atoms with Crippen molar-refractivity contribution in [1.82, 2.24) is 20.3 Å². The highest BCUT2D eigenvalue weighted by Gasteiger charge is 2.14. The topological polar surface area (TPSA) is 141 Å². The van der Waals surface area contributed by atoms with Crippen LogP contribution in [0.25, 0.3) is 22.3 Å². The van der Waals surface area contributed by atoms with Crippen LogP contribution in [0.2, 0.25) is 0 Å². The van der Waals surface area contributed by atoms with Crippen molar-refractivity contribution in [2.75, 3.05) is 32.2 Å². The number of anilines is 2. The highest BCUT2D eigenvalue weighted by molar-refractivity contribution is 6.01. The van der Waals surface area contributed by atoms with Gasteiger partial charge in [-0.1, -0.05) is 12.1 Å². The number of carbonyl (C=O) groups is 2. The molecule has 0 atom stereocenters. The van der Waals surface area contributed by atoms with Gasteiger partial charge in [0, 0.05) is 30.4 Å². The number of amides is 2. The van der Waals surface area contributed by atoms with E-state index in [0.29, 0.717) is 39.5 Å². The van der Waals surface area contributed by atoms with E-state index in [1.165, 1.54) is 0 Å². The molecule has 2 aromatic carbocycles. The van der Waals surface area contributed by atoms with E-state index in [1.807, 2.05) is 18.2 Å². The molecule has 0 saturated carbocycles. The Hall–Kier alpha value is -4.57. The molecule has 10 nitrogen and oxygen atoms in total. The molecule has 0 aliphatic rings. The largest absolute Gasteiger partial charge is 0.491 e. The lowest BCUT2D eigenvalue weighted by atomic mass is 10.1. The first-order valence-electron chi connectivity index (χ1n) is 10.8. The Morgan fingerprint density at radius 3 is 2.66 bits per heavy atom. The third-order valence-corrected chi connectivity index (χ3v) is 5.04. The summed E-state index contributed by atoms with van der Waals surface area (Å²) in [6, 6.07) is 16.0. The number of rotatable bonds is 10. The fraction of sp³-hybridized carbons (Fsp3) is 0.160. The van der Waals surface area contributed by atoms with Crippen LogP contribution in [-0.2, 0) is 9.53 Å². The third-order valence-electron chi connectivity index (χ3n) is 5.04. The van der Waals surface area contributed by atoms with Crippen LogP contribution in [0.3, 0.4) is 0 Å². The van der Waals surface area contributed by atoms with E-state index < -0.39 is 5.91 Å². The van der Waals surface area contributed by atoms with Gasteiger partial charge in [-0.2, -0.15) is 0 Å². The third kappa shape index (κ3) is 5.87. The predicted molar refractivity (Wildman–Crippen MR) is 131 cm³/mol. The second-order valence-electron chi connectivity index (χ2n) is 7.43. The number of pyridine rings is 1. The van der Waals surface area contributed by atoms with Gasteiger partial charge in [0.25, 0.3) is 5.91 Å². The summed E-state index contributed by atoms with van der Waals surface area (Å²) >= 11 is 0. The van der Waals surface area contributed by atoms with E-state index >= 15 is 0 Å². The maximum Gasteiger partial charge on any atom is 0.250 e. The average molecular weight is 473 g/mol. The number of ether oxygens (including phenoxy) is 2. The molecule has 178 valence electrons. The van der Waals surface area contributed by atoms with Crippen LogP contribution < -0.4 is 21.1 Å². The van der Waals surface area contributed by atoms with Crippen molar-refractivity contribution in [3.8, 4) is 17.1 Å². The molecule has 4 rings (SSSR count). The zero-order chi connectivity index (χ0) is 24.6. The Kier molecular flexibility index (Phi) is 7.44. The first-order chi connectivity index (χ1) is 17.0. The number of para-hydroxylation sites is 1. The number of benzene rings is 2. The van der Waals surface area contributed by atoms with Gasteiger partial charge in [-0.25, -0.2) is 9.97 Å². The van der Waals surface area contributed by atoms with Crippen molar-refractivity contribution >= 4 is 34.2 Å². The van der Waals surface area contributed by atoms with Crippen molar-refractivity contribution < 1.29 is 19.1 Å². The number of nitrogens with two attached hydrogens (primary N) is 1. The number of primary amides is 1. The molecule has 0 radical (unpaired) electrons. The average Bonchev–Trinajstić information content (AvgIpc) is 2.89. The van der Waals surface area contributed by atoms with Crippen molar-refractivity contribution in [3.05, 3.63) is 72.6 Å². The number of nitrogens with one attached hydrogen (secondary N) is 2. The molecule has 2 aromatic heterocycles. The van der Waals surface area contributed by atoms with Crippen LogP contribution in [-0.4, -0.2) is 53.6 Å². The van der Waals surface area contributed by atoms with Gasteiger partial charge in [0.05, 0.1) is 23.4 Å². The molecular weight excluding hydrogens is 448 g/mol. The van der Waals surface area contributed by atoms with Gasteiger partial charge >= 0.3 is 0 Å². The number of hydrogen-bond donors (Lipinski definition) is 3. The maximum absolute atomic E-state index is 11.9. The Morgan fingerprint density at radius 2 is 1.89 bits per heavy atom. The molecule has 0 unspecified atom stereocenters. The van der Waals surface area contributed by atoms with Crippen LogP contribution in [0, 0.1) is 0 Å². The lowest BCUT2D eigenvalue weighted by Crippen LogP contribution is -2.24. The molecule has 35 heavy (non-hydrogen) atoms. The summed E-state index contributed by atoms with van der Waals surface area (Å²) in [7, 11) is 1.55. The van der Waals surface area contributed by atoms with Crippen molar-refractivity contribution in [1.29, 1.82) is 0 Å². The molecule has 0 bridgehead atoms. The van der Waals surface area contributed by atoms with E-state index in [2.05, 4.69) is 20.6 Å². The highest BCUT2D eigenvalue weighted by Crippen LogP contribution is 2.31. The second kappa shape index (κ2) is 11.0. The monoisotopic (exact) mass is 472 g/mol. The van der Waals surface area contributed by atoms with Gasteiger partial charge in [-0.05, 0) is 42.5 Å². The SMILES string of the molecule is CNC(=O)COCCOc1ccc2nc(-c3cccnc3)nc(Nc3ccccc3C(N)=O)c2c1. The summed E-state index contributed by atoms with van der Waals surface area (Å²) in [6.07, 6.45) is 3.35. The first kappa shape index (κ1) is 23.6. The van der Waals surface area contributed by atoms with Crippen molar-refractivity contribution in [3.63, 3.8) is 0 Å². The number of likely N-dealkylation sites (N-methyl/N-ethyl adjacent to an activating group) is 1. The number of hydrogen-bond acceptors (Lipinski definition) is 8. The molecule has 0 saturated heterocycles. The van der Waals surface area contributed by atoms with Crippen molar-refractivity contribution in [2.45, 2.75) is 0 Å². The van der Waals surface area contributed by atoms with Gasteiger partial charge in [0.1, 0.15) is 24.8 Å². The molecule has 4 N–H and O–H groups in total. The standard InChI is InChI=1S/C25H24N6O4/c1-27-22(32)15-34-11-12-35-17-8-9-21-19(13-17)25(30-20-7-3-2-6-18(20)23(26)33)31-24(29-21)16-5-4-10-28-14-16/h2-10,13-14H,11-12,15H2,1H3,(H2,26,33)(H,27,32)(H,29,30,31). The Labute approximate surface area is 201 Å². The molecule has 2 amide bonds. The van der Waals surface area contributed by atoms with E-state index in [0.717, 1.165) is 5.56 Å². The molecule has 10 heteroatoms.